The fourth-order valence-electron chi connectivity index (χ4n) is 2.96. The van der Waals surface area contributed by atoms with Crippen molar-refractivity contribution in [1.29, 1.82) is 0 Å². The second-order valence-corrected chi connectivity index (χ2v) is 6.38. The number of nitrogens with zero attached hydrogens (tertiary/aromatic N) is 3. The van der Waals surface area contributed by atoms with Gasteiger partial charge in [0, 0.05) is 31.5 Å². The molecule has 0 aromatic carbocycles. The molecule has 0 radical (unpaired) electrons. The zero-order valence-corrected chi connectivity index (χ0v) is 14.9. The van der Waals surface area contributed by atoms with E-state index in [0.717, 1.165) is 18.4 Å². The number of pyridine rings is 2. The van der Waals surface area contributed by atoms with Crippen LogP contribution in [0.5, 0.6) is 5.75 Å². The normalized spacial score (nSPS) is 16.8. The summed E-state index contributed by atoms with van der Waals surface area (Å²) in [5, 5.41) is 2.83. The maximum Gasteiger partial charge on any atom is 0.272 e. The van der Waals surface area contributed by atoms with Crippen molar-refractivity contribution >= 4 is 17.6 Å². The number of rotatable bonds is 4. The van der Waals surface area contributed by atoms with Crippen LogP contribution in [0.1, 0.15) is 28.9 Å². The molecule has 0 saturated carbocycles. The van der Waals surface area contributed by atoms with E-state index in [2.05, 4.69) is 15.3 Å². The summed E-state index contributed by atoms with van der Waals surface area (Å²) in [6.45, 7) is 2.93. The van der Waals surface area contributed by atoms with E-state index in [4.69, 9.17) is 4.74 Å². The van der Waals surface area contributed by atoms with E-state index >= 15 is 0 Å². The number of likely N-dealkylation sites (tertiary alicyclic amines) is 1. The summed E-state index contributed by atoms with van der Waals surface area (Å²) < 4.78 is 5.14. The summed E-state index contributed by atoms with van der Waals surface area (Å²) in [7, 11) is 1.55. The molecule has 1 N–H and O–H groups in total. The maximum atomic E-state index is 12.7. The minimum Gasteiger partial charge on any atom is -0.497 e. The molecular weight excluding hydrogens is 332 g/mol. The van der Waals surface area contributed by atoms with Gasteiger partial charge in [-0.2, -0.15) is 0 Å². The Kier molecular flexibility index (Phi) is 5.46. The highest BCUT2D eigenvalue weighted by Gasteiger charge is 2.29. The molecule has 2 aromatic rings. The van der Waals surface area contributed by atoms with Crippen LogP contribution >= 0.6 is 0 Å². The number of methoxy groups -OCH3 is 1. The molecular formula is C19H22N4O3. The van der Waals surface area contributed by atoms with Gasteiger partial charge in [-0.15, -0.1) is 0 Å². The molecule has 1 aliphatic heterocycles. The maximum absolute atomic E-state index is 12.7. The fourth-order valence-corrected chi connectivity index (χ4v) is 2.96. The number of ether oxygens (including phenoxy) is 1. The average molecular weight is 354 g/mol. The van der Waals surface area contributed by atoms with E-state index < -0.39 is 0 Å². The summed E-state index contributed by atoms with van der Waals surface area (Å²) in [5.74, 6) is 0.548. The molecule has 26 heavy (non-hydrogen) atoms. The van der Waals surface area contributed by atoms with E-state index in [1.807, 2.05) is 13.0 Å². The van der Waals surface area contributed by atoms with E-state index in [1.165, 1.54) is 0 Å². The van der Waals surface area contributed by atoms with Crippen LogP contribution in [0.3, 0.4) is 0 Å². The highest BCUT2D eigenvalue weighted by atomic mass is 16.5. The number of carbonyl (C=O) groups is 2. The molecule has 2 amide bonds. The molecule has 7 nitrogen and oxygen atoms in total. The van der Waals surface area contributed by atoms with Gasteiger partial charge in [0.05, 0.1) is 13.0 Å². The molecule has 3 heterocycles. The van der Waals surface area contributed by atoms with Crippen molar-refractivity contribution in [2.45, 2.75) is 19.8 Å². The van der Waals surface area contributed by atoms with Crippen LogP contribution in [0.4, 0.5) is 5.82 Å². The van der Waals surface area contributed by atoms with Crippen molar-refractivity contribution in [1.82, 2.24) is 14.9 Å². The standard InChI is InChI=1S/C19H22N4O3/c1-13-5-6-17(21-11-13)22-18(24)14-4-3-9-23(12-14)19(25)16-10-15(26-2)7-8-20-16/h5-8,10-11,14H,3-4,9,12H2,1-2H3,(H,21,22,24). The minimum absolute atomic E-state index is 0.113. The monoisotopic (exact) mass is 354 g/mol. The third kappa shape index (κ3) is 4.17. The smallest absolute Gasteiger partial charge is 0.272 e. The van der Waals surface area contributed by atoms with Crippen LogP contribution in [0.2, 0.25) is 0 Å². The Morgan fingerprint density at radius 1 is 1.27 bits per heavy atom. The van der Waals surface area contributed by atoms with Crippen LogP contribution in [0.25, 0.3) is 0 Å². The lowest BCUT2D eigenvalue weighted by Gasteiger charge is -2.31. The molecule has 1 aliphatic rings. The van der Waals surface area contributed by atoms with Crippen LogP contribution in [-0.2, 0) is 4.79 Å². The number of nitrogens with one attached hydrogen (secondary N) is 1. The summed E-state index contributed by atoms with van der Waals surface area (Å²) >= 11 is 0. The van der Waals surface area contributed by atoms with Gasteiger partial charge in [-0.1, -0.05) is 6.07 Å². The number of hydrogen-bond acceptors (Lipinski definition) is 5. The van der Waals surface area contributed by atoms with Crippen LogP contribution < -0.4 is 10.1 Å². The molecule has 1 fully saturated rings. The Hall–Kier alpha value is -2.96. The minimum atomic E-state index is -0.263. The van der Waals surface area contributed by atoms with Crippen molar-refractivity contribution in [3.05, 3.63) is 47.9 Å². The van der Waals surface area contributed by atoms with E-state index in [1.54, 1.807) is 42.6 Å². The number of piperidine rings is 1. The van der Waals surface area contributed by atoms with Gasteiger partial charge in [0.1, 0.15) is 17.3 Å². The molecule has 2 aromatic heterocycles. The van der Waals surface area contributed by atoms with Gasteiger partial charge >= 0.3 is 0 Å². The van der Waals surface area contributed by atoms with Crippen LogP contribution in [-0.4, -0.2) is 46.9 Å². The fraction of sp³-hybridized carbons (Fsp3) is 0.368. The molecule has 7 heteroatoms. The predicted octanol–water partition coefficient (Wildman–Crippen LogP) is 2.28. The summed E-state index contributed by atoms with van der Waals surface area (Å²) in [5.41, 5.74) is 1.36. The highest BCUT2D eigenvalue weighted by molar-refractivity contribution is 5.95. The van der Waals surface area contributed by atoms with Gasteiger partial charge in [0.25, 0.3) is 5.91 Å². The molecule has 1 atom stereocenters. The number of aromatic nitrogens is 2. The first-order valence-electron chi connectivity index (χ1n) is 8.59. The number of hydrogen-bond donors (Lipinski definition) is 1. The van der Waals surface area contributed by atoms with Crippen molar-refractivity contribution in [2.24, 2.45) is 5.92 Å². The Labute approximate surface area is 152 Å². The Morgan fingerprint density at radius 2 is 2.12 bits per heavy atom. The second kappa shape index (κ2) is 7.95. The SMILES string of the molecule is COc1ccnc(C(=O)N2CCCC(C(=O)Nc3ccc(C)cn3)C2)c1. The van der Waals surface area contributed by atoms with E-state index in [0.29, 0.717) is 30.4 Å². The predicted molar refractivity (Wildman–Crippen MR) is 97.0 cm³/mol. The number of aryl methyl sites for hydroxylation is 1. The lowest BCUT2D eigenvalue weighted by atomic mass is 9.97. The third-order valence-electron chi connectivity index (χ3n) is 4.43. The lowest BCUT2D eigenvalue weighted by molar-refractivity contribution is -0.121. The Balaban J connectivity index is 1.65. The average Bonchev–Trinajstić information content (AvgIpc) is 2.69. The quantitative estimate of drug-likeness (QED) is 0.911. The molecule has 1 unspecified atom stereocenters. The second-order valence-electron chi connectivity index (χ2n) is 6.38. The van der Waals surface area contributed by atoms with Crippen LogP contribution in [0.15, 0.2) is 36.7 Å². The highest BCUT2D eigenvalue weighted by Crippen LogP contribution is 2.21. The molecule has 0 bridgehead atoms. The lowest BCUT2D eigenvalue weighted by Crippen LogP contribution is -2.44. The van der Waals surface area contributed by atoms with Gasteiger partial charge in [-0.3, -0.25) is 14.6 Å². The van der Waals surface area contributed by atoms with E-state index in [-0.39, 0.29) is 17.7 Å². The van der Waals surface area contributed by atoms with Gasteiger partial charge in [0.2, 0.25) is 5.91 Å². The number of carbonyl (C=O) groups excluding carboxylic acids is 2. The molecule has 0 spiro atoms. The number of anilines is 1. The largest absolute Gasteiger partial charge is 0.497 e. The molecule has 1 saturated heterocycles. The van der Waals surface area contributed by atoms with Gasteiger partial charge < -0.3 is 15.0 Å². The Bertz CT molecular complexity index is 792. The zero-order valence-electron chi connectivity index (χ0n) is 14.9. The van der Waals surface area contributed by atoms with Gasteiger partial charge in [-0.05, 0) is 37.5 Å². The van der Waals surface area contributed by atoms with Gasteiger partial charge in [0.15, 0.2) is 0 Å². The van der Waals surface area contributed by atoms with Crippen LogP contribution in [0, 0.1) is 12.8 Å². The third-order valence-corrected chi connectivity index (χ3v) is 4.43. The van der Waals surface area contributed by atoms with E-state index in [9.17, 15) is 9.59 Å². The molecule has 3 rings (SSSR count). The first-order valence-corrected chi connectivity index (χ1v) is 8.59. The molecule has 136 valence electrons. The van der Waals surface area contributed by atoms with Crippen molar-refractivity contribution in [3.8, 4) is 5.75 Å². The zero-order chi connectivity index (χ0) is 18.5. The number of amides is 2. The first kappa shape index (κ1) is 17.8. The Morgan fingerprint density at radius 3 is 2.85 bits per heavy atom. The van der Waals surface area contributed by atoms with Gasteiger partial charge in [-0.25, -0.2) is 4.98 Å². The van der Waals surface area contributed by atoms with Crippen molar-refractivity contribution in [2.75, 3.05) is 25.5 Å². The summed E-state index contributed by atoms with van der Waals surface area (Å²) in [6.07, 6.45) is 4.77. The summed E-state index contributed by atoms with van der Waals surface area (Å²) in [4.78, 5) is 35.2. The van der Waals surface area contributed by atoms with Crippen molar-refractivity contribution in [3.63, 3.8) is 0 Å². The molecule has 0 aliphatic carbocycles. The van der Waals surface area contributed by atoms with Crippen molar-refractivity contribution < 1.29 is 14.3 Å². The first-order chi connectivity index (χ1) is 12.6. The summed E-state index contributed by atoms with van der Waals surface area (Å²) in [6, 6.07) is 6.98. The topological polar surface area (TPSA) is 84.4 Å².